The van der Waals surface area contributed by atoms with Crippen molar-refractivity contribution in [3.8, 4) is 0 Å². The molecule has 1 amide bonds. The predicted octanol–water partition coefficient (Wildman–Crippen LogP) is 2.22. The number of benzene rings is 2. The minimum Gasteiger partial charge on any atom is -0.311 e. The van der Waals surface area contributed by atoms with E-state index in [4.69, 9.17) is 0 Å². The summed E-state index contributed by atoms with van der Waals surface area (Å²) in [5.74, 6) is -1.18. The van der Waals surface area contributed by atoms with Crippen LogP contribution < -0.4 is 9.62 Å². The number of amides is 1. The number of carbonyl (C=O) groups excluding carboxylic acids is 1. The lowest BCUT2D eigenvalue weighted by Gasteiger charge is -2.17. The Hall–Kier alpha value is -2.25. The van der Waals surface area contributed by atoms with E-state index in [-0.39, 0.29) is 5.91 Å². The van der Waals surface area contributed by atoms with Crippen LogP contribution in [0.1, 0.15) is 12.0 Å². The SMILES string of the molecule is Cc1ccc(N2CC[C@H](NS(=O)(=O)c3ccccc3F)C2=O)cc1. The molecule has 1 atom stereocenters. The van der Waals surface area contributed by atoms with E-state index in [0.717, 1.165) is 17.3 Å². The molecule has 7 heteroatoms. The maximum absolute atomic E-state index is 13.7. The van der Waals surface area contributed by atoms with E-state index < -0.39 is 26.8 Å². The van der Waals surface area contributed by atoms with Crippen LogP contribution in [-0.2, 0) is 14.8 Å². The molecule has 1 fully saturated rings. The molecule has 126 valence electrons. The Bertz CT molecular complexity index is 866. The number of anilines is 1. The van der Waals surface area contributed by atoms with Gasteiger partial charge in [-0.25, -0.2) is 12.8 Å². The molecule has 1 aliphatic heterocycles. The fourth-order valence-corrected chi connectivity index (χ4v) is 3.99. The van der Waals surface area contributed by atoms with Crippen LogP contribution in [0, 0.1) is 12.7 Å². The molecule has 24 heavy (non-hydrogen) atoms. The number of nitrogens with zero attached hydrogens (tertiary/aromatic N) is 1. The molecule has 3 rings (SSSR count). The van der Waals surface area contributed by atoms with Gasteiger partial charge in [-0.05, 0) is 37.6 Å². The van der Waals surface area contributed by atoms with Crippen LogP contribution in [0.15, 0.2) is 53.4 Å². The highest BCUT2D eigenvalue weighted by Crippen LogP contribution is 2.23. The van der Waals surface area contributed by atoms with Crippen LogP contribution in [0.4, 0.5) is 10.1 Å². The van der Waals surface area contributed by atoms with Crippen molar-refractivity contribution in [3.63, 3.8) is 0 Å². The monoisotopic (exact) mass is 348 g/mol. The molecule has 0 bridgehead atoms. The standard InChI is InChI=1S/C17H17FN2O3S/c1-12-6-8-13(9-7-12)20-11-10-15(17(20)21)19-24(22,23)16-5-3-2-4-14(16)18/h2-9,15,19H,10-11H2,1H3/t15-/m0/s1. The van der Waals surface area contributed by atoms with Gasteiger partial charge in [-0.2, -0.15) is 4.72 Å². The molecule has 1 aliphatic rings. The van der Waals surface area contributed by atoms with Crippen molar-refractivity contribution >= 4 is 21.6 Å². The van der Waals surface area contributed by atoms with Crippen LogP contribution in [0.2, 0.25) is 0 Å². The van der Waals surface area contributed by atoms with Crippen molar-refractivity contribution < 1.29 is 17.6 Å². The third-order valence-electron chi connectivity index (χ3n) is 3.97. The quantitative estimate of drug-likeness (QED) is 0.921. The van der Waals surface area contributed by atoms with E-state index in [1.807, 2.05) is 31.2 Å². The van der Waals surface area contributed by atoms with Gasteiger partial charge < -0.3 is 4.90 Å². The fourth-order valence-electron chi connectivity index (χ4n) is 2.68. The maximum Gasteiger partial charge on any atom is 0.245 e. The Kier molecular flexibility index (Phi) is 4.38. The smallest absolute Gasteiger partial charge is 0.245 e. The van der Waals surface area contributed by atoms with Crippen molar-refractivity contribution in [2.45, 2.75) is 24.3 Å². The molecule has 1 saturated heterocycles. The van der Waals surface area contributed by atoms with Gasteiger partial charge in [-0.3, -0.25) is 4.79 Å². The molecule has 2 aromatic carbocycles. The Balaban J connectivity index is 1.79. The molecule has 2 aromatic rings. The number of nitrogens with one attached hydrogen (secondary N) is 1. The summed E-state index contributed by atoms with van der Waals surface area (Å²) >= 11 is 0. The van der Waals surface area contributed by atoms with Crippen LogP contribution >= 0.6 is 0 Å². The fraction of sp³-hybridized carbons (Fsp3) is 0.235. The number of hydrogen-bond donors (Lipinski definition) is 1. The Morgan fingerprint density at radius 1 is 1.12 bits per heavy atom. The van der Waals surface area contributed by atoms with E-state index >= 15 is 0 Å². The zero-order valence-electron chi connectivity index (χ0n) is 13.1. The molecular formula is C17H17FN2O3S. The summed E-state index contributed by atoms with van der Waals surface area (Å²) in [5, 5.41) is 0. The molecule has 0 radical (unpaired) electrons. The maximum atomic E-state index is 13.7. The Morgan fingerprint density at radius 2 is 1.79 bits per heavy atom. The van der Waals surface area contributed by atoms with Crippen LogP contribution in [-0.4, -0.2) is 26.9 Å². The van der Waals surface area contributed by atoms with Gasteiger partial charge in [0.25, 0.3) is 0 Å². The van der Waals surface area contributed by atoms with Gasteiger partial charge in [0.15, 0.2) is 0 Å². The van der Waals surface area contributed by atoms with Gasteiger partial charge in [0.1, 0.15) is 16.8 Å². The summed E-state index contributed by atoms with van der Waals surface area (Å²) in [6, 6.07) is 11.6. The first kappa shape index (κ1) is 16.6. The number of hydrogen-bond acceptors (Lipinski definition) is 3. The topological polar surface area (TPSA) is 66.5 Å². The first-order valence-corrected chi connectivity index (χ1v) is 9.02. The lowest BCUT2D eigenvalue weighted by Crippen LogP contribution is -2.41. The van der Waals surface area contributed by atoms with Gasteiger partial charge in [0.2, 0.25) is 15.9 Å². The Labute approximate surface area is 140 Å². The molecule has 0 aliphatic carbocycles. The largest absolute Gasteiger partial charge is 0.311 e. The lowest BCUT2D eigenvalue weighted by molar-refractivity contribution is -0.118. The second kappa shape index (κ2) is 6.33. The molecule has 1 N–H and O–H groups in total. The third kappa shape index (κ3) is 3.18. The van der Waals surface area contributed by atoms with Gasteiger partial charge in [-0.15, -0.1) is 0 Å². The van der Waals surface area contributed by atoms with Crippen molar-refractivity contribution in [2.75, 3.05) is 11.4 Å². The summed E-state index contributed by atoms with van der Waals surface area (Å²) in [6.45, 7) is 2.35. The zero-order chi connectivity index (χ0) is 17.3. The number of aryl methyl sites for hydroxylation is 1. The van der Waals surface area contributed by atoms with E-state index in [1.165, 1.54) is 23.1 Å². The van der Waals surface area contributed by atoms with Crippen LogP contribution in [0.5, 0.6) is 0 Å². The van der Waals surface area contributed by atoms with E-state index in [9.17, 15) is 17.6 Å². The second-order valence-corrected chi connectivity index (χ2v) is 7.40. The van der Waals surface area contributed by atoms with Gasteiger partial charge in [0, 0.05) is 12.2 Å². The summed E-state index contributed by atoms with van der Waals surface area (Å²) in [7, 11) is -4.09. The first-order chi connectivity index (χ1) is 11.4. The summed E-state index contributed by atoms with van der Waals surface area (Å²) in [4.78, 5) is 13.6. The molecule has 0 aromatic heterocycles. The molecule has 0 unspecified atom stereocenters. The van der Waals surface area contributed by atoms with E-state index in [2.05, 4.69) is 4.72 Å². The minimum atomic E-state index is -4.09. The van der Waals surface area contributed by atoms with Crippen molar-refractivity contribution in [1.82, 2.24) is 4.72 Å². The predicted molar refractivity (Wildman–Crippen MR) is 88.7 cm³/mol. The number of halogens is 1. The summed E-state index contributed by atoms with van der Waals surface area (Å²) in [6.07, 6.45) is 0.334. The second-order valence-electron chi connectivity index (χ2n) is 5.72. The van der Waals surface area contributed by atoms with Gasteiger partial charge >= 0.3 is 0 Å². The van der Waals surface area contributed by atoms with E-state index in [0.29, 0.717) is 13.0 Å². The molecular weight excluding hydrogens is 331 g/mol. The van der Waals surface area contributed by atoms with Crippen molar-refractivity contribution in [2.24, 2.45) is 0 Å². The lowest BCUT2D eigenvalue weighted by atomic mass is 10.2. The van der Waals surface area contributed by atoms with Crippen LogP contribution in [0.25, 0.3) is 0 Å². The van der Waals surface area contributed by atoms with Gasteiger partial charge in [0.05, 0.1) is 0 Å². The average Bonchev–Trinajstić information content (AvgIpc) is 2.89. The normalized spacial score (nSPS) is 18.2. The zero-order valence-corrected chi connectivity index (χ0v) is 13.9. The highest BCUT2D eigenvalue weighted by molar-refractivity contribution is 7.89. The number of sulfonamides is 1. The molecule has 0 spiro atoms. The summed E-state index contributed by atoms with van der Waals surface area (Å²) in [5.41, 5.74) is 1.79. The molecule has 1 heterocycles. The Morgan fingerprint density at radius 3 is 2.46 bits per heavy atom. The van der Waals surface area contributed by atoms with Gasteiger partial charge in [-0.1, -0.05) is 29.8 Å². The van der Waals surface area contributed by atoms with Crippen molar-refractivity contribution in [3.05, 3.63) is 59.9 Å². The average molecular weight is 348 g/mol. The van der Waals surface area contributed by atoms with Crippen LogP contribution in [0.3, 0.4) is 0 Å². The number of rotatable bonds is 4. The molecule has 0 saturated carbocycles. The summed E-state index contributed by atoms with van der Waals surface area (Å²) < 4.78 is 40.7. The number of carbonyl (C=O) groups is 1. The molecule has 5 nitrogen and oxygen atoms in total. The first-order valence-electron chi connectivity index (χ1n) is 7.53. The minimum absolute atomic E-state index is 0.334. The van der Waals surface area contributed by atoms with Crippen molar-refractivity contribution in [1.29, 1.82) is 0 Å². The highest BCUT2D eigenvalue weighted by Gasteiger charge is 2.36. The van der Waals surface area contributed by atoms with E-state index in [1.54, 1.807) is 0 Å². The highest BCUT2D eigenvalue weighted by atomic mass is 32.2. The third-order valence-corrected chi connectivity index (χ3v) is 5.48.